The predicted octanol–water partition coefficient (Wildman–Crippen LogP) is 3.99. The van der Waals surface area contributed by atoms with E-state index in [1.54, 1.807) is 24.3 Å². The lowest BCUT2D eigenvalue weighted by Gasteiger charge is -2.17. The molecule has 0 fully saturated rings. The first-order valence-corrected chi connectivity index (χ1v) is 10.7. The van der Waals surface area contributed by atoms with E-state index in [0.717, 1.165) is 16.7 Å². The molecule has 1 aromatic heterocycles. The smallest absolute Gasteiger partial charge is 0.349 e. The van der Waals surface area contributed by atoms with Crippen LogP contribution in [0.2, 0.25) is 0 Å². The summed E-state index contributed by atoms with van der Waals surface area (Å²) in [4.78, 5) is 38.8. The molecule has 32 heavy (non-hydrogen) atoms. The number of carbonyl (C=O) groups is 3. The Labute approximate surface area is 190 Å². The molecular formula is C24H24N2O5S. The molecule has 3 aromatic rings. The summed E-state index contributed by atoms with van der Waals surface area (Å²) in [7, 11) is 3.01. The zero-order valence-corrected chi connectivity index (χ0v) is 18.9. The lowest BCUT2D eigenvalue weighted by Crippen LogP contribution is -2.37. The van der Waals surface area contributed by atoms with E-state index in [9.17, 15) is 14.4 Å². The molecule has 0 radical (unpaired) electrons. The fourth-order valence-electron chi connectivity index (χ4n) is 2.94. The number of nitrogens with zero attached hydrogens (tertiary/aromatic N) is 1. The van der Waals surface area contributed by atoms with Crippen molar-refractivity contribution in [1.29, 1.82) is 0 Å². The molecule has 2 aromatic carbocycles. The molecule has 0 atom stereocenters. The highest BCUT2D eigenvalue weighted by molar-refractivity contribution is 7.12. The highest BCUT2D eigenvalue weighted by Crippen LogP contribution is 2.29. The van der Waals surface area contributed by atoms with E-state index >= 15 is 0 Å². The van der Waals surface area contributed by atoms with Crippen molar-refractivity contribution in [3.05, 3.63) is 70.4 Å². The summed E-state index contributed by atoms with van der Waals surface area (Å²) in [6.07, 6.45) is 0. The number of benzene rings is 2. The molecule has 2 amide bonds. The highest BCUT2D eigenvalue weighted by Gasteiger charge is 2.19. The van der Waals surface area contributed by atoms with Gasteiger partial charge in [0.25, 0.3) is 5.91 Å². The van der Waals surface area contributed by atoms with Crippen LogP contribution in [0.25, 0.3) is 11.1 Å². The number of nitrogens with one attached hydrogen (secondary N) is 1. The SMILES string of the molecule is COc1cccc(NC(=O)CN(C)C(=O)COC(=O)c2sccc2-c2ccc(C)cc2)c1. The van der Waals surface area contributed by atoms with Crippen LogP contribution in [-0.2, 0) is 14.3 Å². The number of anilines is 1. The first kappa shape index (κ1) is 23.0. The van der Waals surface area contributed by atoms with Gasteiger partial charge in [-0.15, -0.1) is 11.3 Å². The highest BCUT2D eigenvalue weighted by atomic mass is 32.1. The number of methoxy groups -OCH3 is 1. The van der Waals surface area contributed by atoms with Crippen LogP contribution in [0.3, 0.4) is 0 Å². The molecule has 1 N–H and O–H groups in total. The maximum Gasteiger partial charge on any atom is 0.349 e. The van der Waals surface area contributed by atoms with Gasteiger partial charge in [-0.3, -0.25) is 9.59 Å². The third-order valence-electron chi connectivity index (χ3n) is 4.70. The minimum Gasteiger partial charge on any atom is -0.497 e. The van der Waals surface area contributed by atoms with Gasteiger partial charge in [-0.25, -0.2) is 4.79 Å². The lowest BCUT2D eigenvalue weighted by atomic mass is 10.1. The van der Waals surface area contributed by atoms with E-state index in [4.69, 9.17) is 9.47 Å². The van der Waals surface area contributed by atoms with Crippen molar-refractivity contribution in [2.24, 2.45) is 0 Å². The Morgan fingerprint density at radius 1 is 1.06 bits per heavy atom. The minimum absolute atomic E-state index is 0.179. The Morgan fingerprint density at radius 2 is 1.81 bits per heavy atom. The van der Waals surface area contributed by atoms with E-state index in [1.807, 2.05) is 42.6 Å². The first-order chi connectivity index (χ1) is 15.4. The van der Waals surface area contributed by atoms with Crippen LogP contribution < -0.4 is 10.1 Å². The van der Waals surface area contributed by atoms with Gasteiger partial charge in [-0.2, -0.15) is 0 Å². The number of hydrogen-bond acceptors (Lipinski definition) is 6. The molecule has 7 nitrogen and oxygen atoms in total. The van der Waals surface area contributed by atoms with Crippen molar-refractivity contribution in [3.63, 3.8) is 0 Å². The number of esters is 1. The van der Waals surface area contributed by atoms with Gasteiger partial charge >= 0.3 is 5.97 Å². The van der Waals surface area contributed by atoms with Crippen molar-refractivity contribution in [3.8, 4) is 16.9 Å². The number of thiophene rings is 1. The van der Waals surface area contributed by atoms with Gasteiger partial charge in [-0.05, 0) is 36.1 Å². The van der Waals surface area contributed by atoms with Crippen LogP contribution >= 0.6 is 11.3 Å². The van der Waals surface area contributed by atoms with Crippen LogP contribution in [0.15, 0.2) is 60.0 Å². The number of hydrogen-bond donors (Lipinski definition) is 1. The molecule has 0 spiro atoms. The summed E-state index contributed by atoms with van der Waals surface area (Å²) >= 11 is 1.26. The van der Waals surface area contributed by atoms with Crippen molar-refractivity contribution in [2.45, 2.75) is 6.92 Å². The summed E-state index contributed by atoms with van der Waals surface area (Å²) < 4.78 is 10.3. The summed E-state index contributed by atoms with van der Waals surface area (Å²) in [5, 5.41) is 4.51. The number of aryl methyl sites for hydroxylation is 1. The number of rotatable bonds is 8. The average Bonchev–Trinajstić information content (AvgIpc) is 3.27. The molecule has 0 aliphatic heterocycles. The number of ether oxygens (including phenoxy) is 2. The summed E-state index contributed by atoms with van der Waals surface area (Å²) in [6, 6.07) is 16.6. The van der Waals surface area contributed by atoms with Crippen LogP contribution in [0.4, 0.5) is 5.69 Å². The Kier molecular flexibility index (Phi) is 7.62. The average molecular weight is 453 g/mol. The van der Waals surface area contributed by atoms with Crippen LogP contribution in [-0.4, -0.2) is 50.0 Å². The summed E-state index contributed by atoms with van der Waals surface area (Å²) in [5.41, 5.74) is 3.35. The first-order valence-electron chi connectivity index (χ1n) is 9.87. The fraction of sp³-hybridized carbons (Fsp3) is 0.208. The number of amides is 2. The number of carbonyl (C=O) groups excluding carboxylic acids is 3. The standard InChI is InChI=1S/C24H24N2O5S/c1-16-7-9-17(10-8-16)20-11-12-32-23(20)24(29)31-15-22(28)26(2)14-21(27)25-18-5-4-6-19(13-18)30-3/h4-13H,14-15H2,1-3H3,(H,25,27). The third kappa shape index (κ3) is 5.95. The van der Waals surface area contributed by atoms with E-state index in [-0.39, 0.29) is 12.5 Å². The van der Waals surface area contributed by atoms with Crippen LogP contribution in [0.5, 0.6) is 5.75 Å². The molecule has 8 heteroatoms. The van der Waals surface area contributed by atoms with E-state index < -0.39 is 18.5 Å². The molecule has 0 aliphatic carbocycles. The van der Waals surface area contributed by atoms with E-state index in [2.05, 4.69) is 5.32 Å². The van der Waals surface area contributed by atoms with Crippen molar-refractivity contribution < 1.29 is 23.9 Å². The lowest BCUT2D eigenvalue weighted by molar-refractivity contribution is -0.136. The van der Waals surface area contributed by atoms with Crippen molar-refractivity contribution in [1.82, 2.24) is 4.90 Å². The molecular weight excluding hydrogens is 428 g/mol. The zero-order chi connectivity index (χ0) is 23.1. The maximum absolute atomic E-state index is 12.5. The predicted molar refractivity (Wildman–Crippen MR) is 124 cm³/mol. The van der Waals surface area contributed by atoms with Gasteiger partial charge in [0.2, 0.25) is 5.91 Å². The Morgan fingerprint density at radius 3 is 2.53 bits per heavy atom. The van der Waals surface area contributed by atoms with Crippen LogP contribution in [0, 0.1) is 6.92 Å². The minimum atomic E-state index is -0.571. The van der Waals surface area contributed by atoms with Crippen molar-refractivity contribution in [2.75, 3.05) is 32.6 Å². The molecule has 166 valence electrons. The molecule has 0 bridgehead atoms. The van der Waals surface area contributed by atoms with Gasteiger partial charge in [0.05, 0.1) is 13.7 Å². The molecule has 0 saturated carbocycles. The quantitative estimate of drug-likeness (QED) is 0.523. The van der Waals surface area contributed by atoms with Crippen LogP contribution in [0.1, 0.15) is 15.2 Å². The second kappa shape index (κ2) is 10.6. The van der Waals surface area contributed by atoms with E-state index in [0.29, 0.717) is 16.3 Å². The van der Waals surface area contributed by atoms with Crippen molar-refractivity contribution >= 4 is 34.8 Å². The fourth-order valence-corrected chi connectivity index (χ4v) is 3.74. The number of likely N-dealkylation sites (N-methyl/N-ethyl adjacent to an activating group) is 1. The zero-order valence-electron chi connectivity index (χ0n) is 18.1. The maximum atomic E-state index is 12.5. The Hall–Kier alpha value is -3.65. The Balaban J connectivity index is 1.53. The van der Waals surface area contributed by atoms with Gasteiger partial charge < -0.3 is 19.7 Å². The molecule has 0 aliphatic rings. The molecule has 0 unspecified atom stereocenters. The monoisotopic (exact) mass is 452 g/mol. The molecule has 3 rings (SSSR count). The van der Waals surface area contributed by atoms with Gasteiger partial charge in [0.1, 0.15) is 10.6 Å². The third-order valence-corrected chi connectivity index (χ3v) is 5.59. The molecule has 0 saturated heterocycles. The van der Waals surface area contributed by atoms with E-state index in [1.165, 1.54) is 30.4 Å². The Bertz CT molecular complexity index is 1110. The topological polar surface area (TPSA) is 84.9 Å². The molecule has 1 heterocycles. The summed E-state index contributed by atoms with van der Waals surface area (Å²) in [6.45, 7) is 1.36. The van der Waals surface area contributed by atoms with Gasteiger partial charge in [0, 0.05) is 24.4 Å². The normalized spacial score (nSPS) is 10.3. The largest absolute Gasteiger partial charge is 0.497 e. The second-order valence-corrected chi connectivity index (χ2v) is 8.05. The summed E-state index contributed by atoms with van der Waals surface area (Å²) in [5.74, 6) is -0.816. The van der Waals surface area contributed by atoms with Gasteiger partial charge in [0.15, 0.2) is 6.61 Å². The second-order valence-electron chi connectivity index (χ2n) is 7.14. The van der Waals surface area contributed by atoms with Gasteiger partial charge in [-0.1, -0.05) is 35.9 Å².